The van der Waals surface area contributed by atoms with Crippen LogP contribution in [0.5, 0.6) is 5.75 Å². The summed E-state index contributed by atoms with van der Waals surface area (Å²) in [5.74, 6) is -0.785. The largest absolute Gasteiger partial charge is 0.495 e. The molecule has 0 aromatic carbocycles. The smallest absolute Gasteiger partial charge is 0.329 e. The average molecular weight is 320 g/mol. The van der Waals surface area contributed by atoms with Crippen LogP contribution in [0.2, 0.25) is 0 Å². The highest BCUT2D eigenvalue weighted by Gasteiger charge is 2.51. The second-order valence-electron chi connectivity index (χ2n) is 3.79. The Labute approximate surface area is 110 Å². The Morgan fingerprint density at radius 2 is 2.24 bits per heavy atom. The Morgan fingerprint density at radius 1 is 1.59 bits per heavy atom. The van der Waals surface area contributed by atoms with Crippen molar-refractivity contribution in [3.05, 3.63) is 14.7 Å². The minimum absolute atomic E-state index is 0.376. The number of hydrogen-bond acceptors (Lipinski definition) is 4. The molecule has 1 fully saturated rings. The fourth-order valence-corrected chi connectivity index (χ4v) is 2.94. The number of carbonyl (C=O) groups excluding carboxylic acids is 1. The summed E-state index contributed by atoms with van der Waals surface area (Å²) < 4.78 is 5.75. The van der Waals surface area contributed by atoms with Gasteiger partial charge in [0.25, 0.3) is 5.91 Å². The highest BCUT2D eigenvalue weighted by molar-refractivity contribution is 9.11. The molecule has 0 radical (unpaired) electrons. The van der Waals surface area contributed by atoms with E-state index in [1.54, 1.807) is 6.07 Å². The Balaban J connectivity index is 2.12. The number of amides is 1. The van der Waals surface area contributed by atoms with Crippen LogP contribution in [0.1, 0.15) is 22.5 Å². The molecule has 92 valence electrons. The van der Waals surface area contributed by atoms with Crippen molar-refractivity contribution in [3.8, 4) is 5.75 Å². The third-order valence-corrected chi connectivity index (χ3v) is 4.39. The molecule has 1 saturated carbocycles. The van der Waals surface area contributed by atoms with Crippen molar-refractivity contribution in [2.45, 2.75) is 18.4 Å². The SMILES string of the molecule is COc1cc(C(=O)NC2(C(=O)O)CC2)sc1Br. The fraction of sp³-hybridized carbons (Fsp3) is 0.400. The number of rotatable bonds is 4. The van der Waals surface area contributed by atoms with E-state index in [2.05, 4.69) is 21.2 Å². The summed E-state index contributed by atoms with van der Waals surface area (Å²) in [5, 5.41) is 11.5. The number of methoxy groups -OCH3 is 1. The van der Waals surface area contributed by atoms with Crippen molar-refractivity contribution in [1.29, 1.82) is 0 Å². The molecule has 1 aromatic rings. The van der Waals surface area contributed by atoms with Gasteiger partial charge in [0.05, 0.1) is 12.0 Å². The van der Waals surface area contributed by atoms with Crippen molar-refractivity contribution in [2.75, 3.05) is 7.11 Å². The second-order valence-corrected chi connectivity index (χ2v) is 6.16. The quantitative estimate of drug-likeness (QED) is 0.888. The van der Waals surface area contributed by atoms with E-state index in [0.29, 0.717) is 27.3 Å². The second kappa shape index (κ2) is 4.30. The van der Waals surface area contributed by atoms with E-state index >= 15 is 0 Å². The van der Waals surface area contributed by atoms with E-state index in [9.17, 15) is 9.59 Å². The molecule has 1 aliphatic carbocycles. The molecular weight excluding hydrogens is 310 g/mol. The monoisotopic (exact) mass is 319 g/mol. The number of carbonyl (C=O) groups is 2. The van der Waals surface area contributed by atoms with Gasteiger partial charge in [0.15, 0.2) is 0 Å². The van der Waals surface area contributed by atoms with E-state index < -0.39 is 11.5 Å². The number of nitrogens with one attached hydrogen (secondary N) is 1. The lowest BCUT2D eigenvalue weighted by Crippen LogP contribution is -2.42. The Kier molecular flexibility index (Phi) is 3.13. The van der Waals surface area contributed by atoms with Gasteiger partial charge in [0.1, 0.15) is 15.1 Å². The molecule has 0 saturated heterocycles. The minimum atomic E-state index is -1.05. The first kappa shape index (κ1) is 12.4. The number of aliphatic carboxylic acids is 1. The molecule has 2 rings (SSSR count). The third-order valence-electron chi connectivity index (χ3n) is 2.61. The normalized spacial score (nSPS) is 16.4. The predicted molar refractivity (Wildman–Crippen MR) is 65.6 cm³/mol. The van der Waals surface area contributed by atoms with E-state index in [0.717, 1.165) is 0 Å². The average Bonchev–Trinajstić information content (AvgIpc) is 2.95. The summed E-state index contributed by atoms with van der Waals surface area (Å²) in [6.45, 7) is 0. The van der Waals surface area contributed by atoms with Gasteiger partial charge >= 0.3 is 5.97 Å². The lowest BCUT2D eigenvalue weighted by atomic mass is 10.2. The zero-order valence-corrected chi connectivity index (χ0v) is 11.4. The van der Waals surface area contributed by atoms with Gasteiger partial charge in [-0.3, -0.25) is 4.79 Å². The molecule has 1 aromatic heterocycles. The van der Waals surface area contributed by atoms with E-state index in [4.69, 9.17) is 9.84 Å². The van der Waals surface area contributed by atoms with Gasteiger partial charge in [-0.2, -0.15) is 0 Å². The minimum Gasteiger partial charge on any atom is -0.495 e. The maximum Gasteiger partial charge on any atom is 0.329 e. The van der Waals surface area contributed by atoms with Gasteiger partial charge < -0.3 is 15.2 Å². The van der Waals surface area contributed by atoms with Gasteiger partial charge in [-0.25, -0.2) is 4.79 Å². The molecule has 1 aliphatic rings. The zero-order chi connectivity index (χ0) is 12.6. The van der Waals surface area contributed by atoms with E-state index in [1.165, 1.54) is 18.4 Å². The maximum absolute atomic E-state index is 11.8. The summed E-state index contributed by atoms with van der Waals surface area (Å²) in [6, 6.07) is 1.59. The van der Waals surface area contributed by atoms with Gasteiger partial charge in [-0.1, -0.05) is 0 Å². The Bertz CT molecular complexity index is 481. The lowest BCUT2D eigenvalue weighted by molar-refractivity contribution is -0.140. The summed E-state index contributed by atoms with van der Waals surface area (Å²) in [5.41, 5.74) is -1.05. The van der Waals surface area contributed by atoms with Crippen molar-refractivity contribution >= 4 is 39.1 Å². The first-order valence-corrected chi connectivity index (χ1v) is 6.49. The molecule has 0 bridgehead atoms. The third kappa shape index (κ3) is 2.30. The van der Waals surface area contributed by atoms with Crippen molar-refractivity contribution in [2.24, 2.45) is 0 Å². The van der Waals surface area contributed by atoms with Crippen LogP contribution in [-0.4, -0.2) is 29.6 Å². The lowest BCUT2D eigenvalue weighted by Gasteiger charge is -2.10. The molecule has 7 heteroatoms. The molecule has 17 heavy (non-hydrogen) atoms. The number of carboxylic acids is 1. The zero-order valence-electron chi connectivity index (χ0n) is 8.95. The van der Waals surface area contributed by atoms with Crippen LogP contribution in [0.15, 0.2) is 9.85 Å². The van der Waals surface area contributed by atoms with E-state index in [1.807, 2.05) is 0 Å². The van der Waals surface area contributed by atoms with Crippen LogP contribution in [0, 0.1) is 0 Å². The van der Waals surface area contributed by atoms with Crippen LogP contribution in [0.3, 0.4) is 0 Å². The molecule has 0 atom stereocenters. The Hall–Kier alpha value is -1.08. The maximum atomic E-state index is 11.8. The molecular formula is C10H10BrNO4S. The van der Waals surface area contributed by atoms with Crippen molar-refractivity contribution in [1.82, 2.24) is 5.32 Å². The van der Waals surface area contributed by atoms with Gasteiger partial charge in [-0.15, -0.1) is 11.3 Å². The van der Waals surface area contributed by atoms with E-state index in [-0.39, 0.29) is 5.91 Å². The molecule has 0 unspecified atom stereocenters. The molecule has 1 amide bonds. The first-order valence-electron chi connectivity index (χ1n) is 4.88. The highest BCUT2D eigenvalue weighted by atomic mass is 79.9. The summed E-state index contributed by atoms with van der Waals surface area (Å²) in [4.78, 5) is 23.2. The standard InChI is InChI=1S/C10H10BrNO4S/c1-16-5-4-6(17-7(5)11)8(13)12-10(2-3-10)9(14)15/h4H,2-3H2,1H3,(H,12,13)(H,14,15). The Morgan fingerprint density at radius 3 is 2.65 bits per heavy atom. The molecule has 0 aliphatic heterocycles. The van der Waals surface area contributed by atoms with Crippen LogP contribution < -0.4 is 10.1 Å². The fourth-order valence-electron chi connectivity index (χ4n) is 1.40. The summed E-state index contributed by atoms with van der Waals surface area (Å²) in [6.07, 6.45) is 0.968. The number of thiophene rings is 1. The predicted octanol–water partition coefficient (Wildman–Crippen LogP) is 1.87. The van der Waals surface area contributed by atoms with Crippen LogP contribution >= 0.6 is 27.3 Å². The van der Waals surface area contributed by atoms with Crippen LogP contribution in [0.25, 0.3) is 0 Å². The number of halogens is 1. The number of ether oxygens (including phenoxy) is 1. The molecule has 2 N–H and O–H groups in total. The number of hydrogen-bond donors (Lipinski definition) is 2. The summed E-state index contributed by atoms with van der Waals surface area (Å²) >= 11 is 4.48. The topological polar surface area (TPSA) is 75.6 Å². The van der Waals surface area contributed by atoms with Gasteiger partial charge in [0.2, 0.25) is 0 Å². The highest BCUT2D eigenvalue weighted by Crippen LogP contribution is 2.38. The molecule has 5 nitrogen and oxygen atoms in total. The van der Waals surface area contributed by atoms with Crippen molar-refractivity contribution in [3.63, 3.8) is 0 Å². The first-order chi connectivity index (χ1) is 7.98. The molecule has 1 heterocycles. The van der Waals surface area contributed by atoms with Gasteiger partial charge in [0, 0.05) is 6.07 Å². The number of carboxylic acid groups (broad SMARTS) is 1. The van der Waals surface area contributed by atoms with Crippen LogP contribution in [-0.2, 0) is 4.79 Å². The molecule has 0 spiro atoms. The van der Waals surface area contributed by atoms with Gasteiger partial charge in [-0.05, 0) is 28.8 Å². The van der Waals surface area contributed by atoms with Crippen molar-refractivity contribution < 1.29 is 19.4 Å². The summed E-state index contributed by atoms with van der Waals surface area (Å²) in [7, 11) is 1.51. The van der Waals surface area contributed by atoms with Crippen LogP contribution in [0.4, 0.5) is 0 Å².